The number of ether oxygens (including phenoxy) is 1. The minimum Gasteiger partial charge on any atom is -0.492 e. The predicted octanol–water partition coefficient (Wildman–Crippen LogP) is 6.21. The van der Waals surface area contributed by atoms with Gasteiger partial charge in [0.05, 0.1) is 12.2 Å². The van der Waals surface area contributed by atoms with Gasteiger partial charge in [-0.3, -0.25) is 0 Å². The fourth-order valence-electron chi connectivity index (χ4n) is 4.36. The van der Waals surface area contributed by atoms with E-state index in [2.05, 4.69) is 66.4 Å². The van der Waals surface area contributed by atoms with Crippen molar-refractivity contribution < 1.29 is 14.6 Å². The maximum Gasteiger partial charge on any atom is 0.335 e. The molecule has 0 atom stereocenters. The molecule has 3 rings (SSSR count). The maximum atomic E-state index is 11.3. The Balaban J connectivity index is 2.26. The van der Waals surface area contributed by atoms with E-state index in [4.69, 9.17) is 4.74 Å². The average Bonchev–Trinajstić information content (AvgIpc) is 2.89. The molecular weight excluding hydrogens is 362 g/mol. The second-order valence-electron chi connectivity index (χ2n) is 10.0. The van der Waals surface area contributed by atoms with Crippen LogP contribution >= 0.6 is 0 Å². The predicted molar refractivity (Wildman–Crippen MR) is 119 cm³/mol. The molecule has 0 fully saturated rings. The molecule has 0 bridgehead atoms. The summed E-state index contributed by atoms with van der Waals surface area (Å²) < 4.78 is 6.21. The molecule has 0 saturated carbocycles. The van der Waals surface area contributed by atoms with Gasteiger partial charge in [-0.2, -0.15) is 0 Å². The standard InChI is InChI=1S/C25H33NO3/c1-15(2)26(18-11-9-17(10-12-18)23(27)28)20-13-19-22(29-14-25(19,7)8)21(16(20)3)24(4,5)6/h9-13,15H,14H2,1-8H3,(H,27,28). The molecule has 0 amide bonds. The van der Waals surface area contributed by atoms with Gasteiger partial charge in [0, 0.05) is 34.0 Å². The van der Waals surface area contributed by atoms with Crippen LogP contribution in [0.25, 0.3) is 0 Å². The van der Waals surface area contributed by atoms with Gasteiger partial charge in [0.1, 0.15) is 5.75 Å². The number of benzene rings is 2. The Hall–Kier alpha value is -2.49. The van der Waals surface area contributed by atoms with Crippen LogP contribution in [-0.4, -0.2) is 23.7 Å². The molecule has 2 aromatic rings. The molecule has 0 unspecified atom stereocenters. The van der Waals surface area contributed by atoms with Gasteiger partial charge in [0.2, 0.25) is 0 Å². The summed E-state index contributed by atoms with van der Waals surface area (Å²) >= 11 is 0. The van der Waals surface area contributed by atoms with Crippen molar-refractivity contribution in [3.8, 4) is 5.75 Å². The summed E-state index contributed by atoms with van der Waals surface area (Å²) in [6.07, 6.45) is 0. The molecule has 1 aliphatic heterocycles. The van der Waals surface area contributed by atoms with Gasteiger partial charge in [-0.25, -0.2) is 4.79 Å². The lowest BCUT2D eigenvalue weighted by Gasteiger charge is -2.35. The lowest BCUT2D eigenvalue weighted by Crippen LogP contribution is -2.28. The molecule has 4 nitrogen and oxygen atoms in total. The van der Waals surface area contributed by atoms with Crippen LogP contribution in [0.1, 0.15) is 75.5 Å². The summed E-state index contributed by atoms with van der Waals surface area (Å²) in [5, 5.41) is 9.25. The number of carboxylic acid groups (broad SMARTS) is 1. The minimum atomic E-state index is -0.907. The highest BCUT2D eigenvalue weighted by Crippen LogP contribution is 2.50. The van der Waals surface area contributed by atoms with E-state index in [1.165, 1.54) is 16.7 Å². The molecule has 1 aliphatic rings. The van der Waals surface area contributed by atoms with Crippen molar-refractivity contribution in [3.63, 3.8) is 0 Å². The Labute approximate surface area is 174 Å². The van der Waals surface area contributed by atoms with Crippen molar-refractivity contribution >= 4 is 17.3 Å². The Morgan fingerprint density at radius 3 is 2.24 bits per heavy atom. The number of nitrogens with zero attached hydrogens (tertiary/aromatic N) is 1. The SMILES string of the molecule is Cc1c(N(c2ccc(C(=O)O)cc2)C(C)C)cc2c(c1C(C)(C)C)OCC2(C)C. The fraction of sp³-hybridized carbons (Fsp3) is 0.480. The van der Waals surface area contributed by atoms with Gasteiger partial charge in [-0.15, -0.1) is 0 Å². The molecule has 0 aromatic heterocycles. The molecule has 156 valence electrons. The van der Waals surface area contributed by atoms with E-state index in [1.54, 1.807) is 12.1 Å². The molecule has 1 N–H and O–H groups in total. The van der Waals surface area contributed by atoms with Gasteiger partial charge >= 0.3 is 5.97 Å². The number of rotatable bonds is 4. The molecular formula is C25H33NO3. The summed E-state index contributed by atoms with van der Waals surface area (Å²) in [6.45, 7) is 18.3. The van der Waals surface area contributed by atoms with Crippen LogP contribution in [0.3, 0.4) is 0 Å². The van der Waals surface area contributed by atoms with Gasteiger partial charge in [-0.05, 0) is 62.1 Å². The van der Waals surface area contributed by atoms with Crippen molar-refractivity contribution in [2.24, 2.45) is 0 Å². The van der Waals surface area contributed by atoms with Crippen LogP contribution in [0.2, 0.25) is 0 Å². The van der Waals surface area contributed by atoms with Crippen LogP contribution in [-0.2, 0) is 10.8 Å². The van der Waals surface area contributed by atoms with Gasteiger partial charge in [0.15, 0.2) is 0 Å². The lowest BCUT2D eigenvalue weighted by molar-refractivity contribution is 0.0697. The number of aromatic carboxylic acids is 1. The Kier molecular flexibility index (Phi) is 5.18. The number of hydrogen-bond donors (Lipinski definition) is 1. The molecule has 0 spiro atoms. The summed E-state index contributed by atoms with van der Waals surface area (Å²) in [7, 11) is 0. The molecule has 0 saturated heterocycles. The quantitative estimate of drug-likeness (QED) is 0.669. The highest BCUT2D eigenvalue weighted by Gasteiger charge is 2.38. The third-order valence-electron chi connectivity index (χ3n) is 5.74. The first-order valence-corrected chi connectivity index (χ1v) is 10.3. The monoisotopic (exact) mass is 395 g/mol. The van der Waals surface area contributed by atoms with Crippen LogP contribution < -0.4 is 9.64 Å². The molecule has 29 heavy (non-hydrogen) atoms. The maximum absolute atomic E-state index is 11.3. The van der Waals surface area contributed by atoms with Crippen LogP contribution in [0.4, 0.5) is 11.4 Å². The van der Waals surface area contributed by atoms with E-state index in [0.29, 0.717) is 12.2 Å². The zero-order valence-electron chi connectivity index (χ0n) is 18.9. The minimum absolute atomic E-state index is 0.0480. The second kappa shape index (κ2) is 7.08. The van der Waals surface area contributed by atoms with E-state index < -0.39 is 5.97 Å². The zero-order valence-corrected chi connectivity index (χ0v) is 18.9. The number of carbonyl (C=O) groups is 1. The third kappa shape index (κ3) is 3.73. The topological polar surface area (TPSA) is 49.8 Å². The normalized spacial score (nSPS) is 15.2. The smallest absolute Gasteiger partial charge is 0.335 e. The second-order valence-corrected chi connectivity index (χ2v) is 10.0. The van der Waals surface area contributed by atoms with Crippen molar-refractivity contribution in [2.45, 2.75) is 72.3 Å². The van der Waals surface area contributed by atoms with Crippen LogP contribution in [0, 0.1) is 6.92 Å². The van der Waals surface area contributed by atoms with Crippen molar-refractivity contribution in [2.75, 3.05) is 11.5 Å². The van der Waals surface area contributed by atoms with Crippen LogP contribution in [0.15, 0.2) is 30.3 Å². The first kappa shape index (κ1) is 21.2. The third-order valence-corrected chi connectivity index (χ3v) is 5.74. The Bertz CT molecular complexity index is 934. The number of hydrogen-bond acceptors (Lipinski definition) is 3. The number of anilines is 2. The van der Waals surface area contributed by atoms with Crippen molar-refractivity contribution in [1.82, 2.24) is 0 Å². The summed E-state index contributed by atoms with van der Waals surface area (Å²) in [5.74, 6) is 0.129. The van der Waals surface area contributed by atoms with Crippen molar-refractivity contribution in [3.05, 3.63) is 52.6 Å². The molecule has 2 aromatic carbocycles. The average molecular weight is 396 g/mol. The number of fused-ring (bicyclic) bond motifs is 1. The van der Waals surface area contributed by atoms with Crippen LogP contribution in [0.5, 0.6) is 5.75 Å². The van der Waals surface area contributed by atoms with Gasteiger partial charge in [0.25, 0.3) is 0 Å². The first-order chi connectivity index (χ1) is 13.3. The molecule has 4 heteroatoms. The largest absolute Gasteiger partial charge is 0.492 e. The molecule has 1 heterocycles. The highest BCUT2D eigenvalue weighted by atomic mass is 16.5. The molecule has 0 aliphatic carbocycles. The lowest BCUT2D eigenvalue weighted by atomic mass is 9.77. The van der Waals surface area contributed by atoms with E-state index in [0.717, 1.165) is 17.1 Å². The molecule has 0 radical (unpaired) electrons. The van der Waals surface area contributed by atoms with E-state index in [9.17, 15) is 9.90 Å². The van der Waals surface area contributed by atoms with E-state index >= 15 is 0 Å². The van der Waals surface area contributed by atoms with Gasteiger partial charge in [-0.1, -0.05) is 34.6 Å². The van der Waals surface area contributed by atoms with E-state index in [-0.39, 0.29) is 16.9 Å². The van der Waals surface area contributed by atoms with Gasteiger partial charge < -0.3 is 14.7 Å². The fourth-order valence-corrected chi connectivity index (χ4v) is 4.36. The summed E-state index contributed by atoms with van der Waals surface area (Å²) in [6, 6.07) is 9.63. The first-order valence-electron chi connectivity index (χ1n) is 10.3. The zero-order chi connectivity index (χ0) is 21.7. The van der Waals surface area contributed by atoms with E-state index in [1.807, 2.05) is 12.1 Å². The highest BCUT2D eigenvalue weighted by molar-refractivity contribution is 5.88. The number of carboxylic acids is 1. The van der Waals surface area contributed by atoms with Crippen molar-refractivity contribution in [1.29, 1.82) is 0 Å². The Morgan fingerprint density at radius 1 is 1.17 bits per heavy atom. The summed E-state index contributed by atoms with van der Waals surface area (Å²) in [4.78, 5) is 13.6. The Morgan fingerprint density at radius 2 is 1.76 bits per heavy atom. The summed E-state index contributed by atoms with van der Waals surface area (Å²) in [5.41, 5.74) is 6.06.